The molecular weight excluding hydrogens is 499 g/mol. The molecule has 0 saturated carbocycles. The molecule has 2 heterocycles. The van der Waals surface area contributed by atoms with Crippen LogP contribution in [-0.2, 0) is 32.3 Å². The fraction of sp³-hybridized carbons (Fsp3) is 0.391. The van der Waals surface area contributed by atoms with E-state index >= 15 is 0 Å². The maximum atomic E-state index is 13.6. The van der Waals surface area contributed by atoms with Crippen LogP contribution in [0.15, 0.2) is 39.7 Å². The molecule has 2 aromatic carbocycles. The van der Waals surface area contributed by atoms with E-state index < -0.39 is 9.84 Å². The summed E-state index contributed by atoms with van der Waals surface area (Å²) in [6, 6.07) is 7.50. The summed E-state index contributed by atoms with van der Waals surface area (Å²) in [6.45, 7) is 3.88. The van der Waals surface area contributed by atoms with Gasteiger partial charge in [0.15, 0.2) is 9.84 Å². The quantitative estimate of drug-likeness (QED) is 0.607. The fourth-order valence-corrected chi connectivity index (χ4v) is 6.95. The third kappa shape index (κ3) is 4.20. The number of hydrogen-bond acceptors (Lipinski definition) is 4. The molecule has 32 heavy (non-hydrogen) atoms. The van der Waals surface area contributed by atoms with E-state index in [1.807, 2.05) is 6.92 Å². The van der Waals surface area contributed by atoms with Gasteiger partial charge in [0.1, 0.15) is 5.82 Å². The number of aryl methyl sites for hydroxylation is 1. The number of fused-ring (bicyclic) bond motifs is 2. The second-order valence-electron chi connectivity index (χ2n) is 8.33. The maximum Gasteiger partial charge on any atom is 0.228 e. The lowest BCUT2D eigenvalue weighted by Crippen LogP contribution is -2.42. The van der Waals surface area contributed by atoms with Crippen LogP contribution in [0.5, 0.6) is 0 Å². The highest BCUT2D eigenvalue weighted by molar-refractivity contribution is 9.10. The molecule has 2 aliphatic heterocycles. The van der Waals surface area contributed by atoms with Crippen molar-refractivity contribution in [1.82, 2.24) is 0 Å². The van der Waals surface area contributed by atoms with Gasteiger partial charge in [-0.05, 0) is 83.6 Å². The number of anilines is 2. The standard InChI is InChI=1S/C23H24BrFN2O4S/c1-14-3-4-16-11-18(25)5-6-20(16)27(14)23(29)8-10-32(30,31)22-13-21-17(12-19(22)24)7-9-26(21)15(2)28/h5-6,11-14H,3-4,7-10H2,1-2H3/t14-/m0/s1. The van der Waals surface area contributed by atoms with Gasteiger partial charge in [0.2, 0.25) is 11.8 Å². The predicted molar refractivity (Wildman–Crippen MR) is 124 cm³/mol. The molecule has 0 N–H and O–H groups in total. The van der Waals surface area contributed by atoms with Gasteiger partial charge in [-0.1, -0.05) is 0 Å². The number of rotatable bonds is 4. The van der Waals surface area contributed by atoms with E-state index in [0.29, 0.717) is 41.7 Å². The van der Waals surface area contributed by atoms with E-state index in [9.17, 15) is 22.4 Å². The molecule has 0 aliphatic carbocycles. The molecule has 1 atom stereocenters. The number of sulfone groups is 1. The van der Waals surface area contributed by atoms with Gasteiger partial charge < -0.3 is 9.80 Å². The fourth-order valence-electron chi connectivity index (χ4n) is 4.51. The lowest BCUT2D eigenvalue weighted by atomic mass is 9.96. The molecule has 0 aromatic heterocycles. The van der Waals surface area contributed by atoms with Gasteiger partial charge in [-0.2, -0.15) is 0 Å². The van der Waals surface area contributed by atoms with Crippen molar-refractivity contribution >= 4 is 49.0 Å². The highest BCUT2D eigenvalue weighted by atomic mass is 79.9. The first kappa shape index (κ1) is 22.9. The zero-order valence-electron chi connectivity index (χ0n) is 17.9. The van der Waals surface area contributed by atoms with E-state index in [0.717, 1.165) is 11.1 Å². The monoisotopic (exact) mass is 522 g/mol. The lowest BCUT2D eigenvalue weighted by Gasteiger charge is -2.35. The van der Waals surface area contributed by atoms with E-state index in [1.54, 1.807) is 21.9 Å². The van der Waals surface area contributed by atoms with Crippen LogP contribution in [-0.4, -0.2) is 38.6 Å². The van der Waals surface area contributed by atoms with E-state index in [4.69, 9.17) is 0 Å². The Morgan fingerprint density at radius 1 is 1.12 bits per heavy atom. The van der Waals surface area contributed by atoms with E-state index in [1.165, 1.54) is 25.1 Å². The predicted octanol–water partition coefficient (Wildman–Crippen LogP) is 4.03. The smallest absolute Gasteiger partial charge is 0.228 e. The summed E-state index contributed by atoms with van der Waals surface area (Å²) >= 11 is 3.35. The summed E-state index contributed by atoms with van der Waals surface area (Å²) in [5.74, 6) is -1.16. The van der Waals surface area contributed by atoms with Gasteiger partial charge >= 0.3 is 0 Å². The van der Waals surface area contributed by atoms with Crippen LogP contribution < -0.4 is 9.80 Å². The number of amides is 2. The number of benzene rings is 2. The number of carbonyl (C=O) groups excluding carboxylic acids is 2. The molecule has 0 saturated heterocycles. The molecule has 0 unspecified atom stereocenters. The zero-order valence-corrected chi connectivity index (χ0v) is 20.3. The Balaban J connectivity index is 1.56. The highest BCUT2D eigenvalue weighted by Gasteiger charge is 2.31. The van der Waals surface area contributed by atoms with Crippen LogP contribution in [0, 0.1) is 5.82 Å². The molecular formula is C23H24BrFN2O4S. The third-order valence-electron chi connectivity index (χ3n) is 6.17. The maximum absolute atomic E-state index is 13.6. The zero-order chi connectivity index (χ0) is 23.2. The Morgan fingerprint density at radius 3 is 2.56 bits per heavy atom. The molecule has 170 valence electrons. The summed E-state index contributed by atoms with van der Waals surface area (Å²) in [5.41, 5.74) is 2.91. The van der Waals surface area contributed by atoms with Crippen LogP contribution in [0.2, 0.25) is 0 Å². The number of nitrogens with zero attached hydrogens (tertiary/aromatic N) is 2. The van der Waals surface area contributed by atoms with Crippen molar-refractivity contribution < 1.29 is 22.4 Å². The molecule has 9 heteroatoms. The molecule has 4 rings (SSSR count). The summed E-state index contributed by atoms with van der Waals surface area (Å²) in [6.07, 6.45) is 1.83. The number of hydrogen-bond donors (Lipinski definition) is 0. The van der Waals surface area contributed by atoms with Crippen molar-refractivity contribution in [3.63, 3.8) is 0 Å². The van der Waals surface area contributed by atoms with Crippen molar-refractivity contribution in [3.05, 3.63) is 51.7 Å². The minimum absolute atomic E-state index is 0.0753. The summed E-state index contributed by atoms with van der Waals surface area (Å²) in [7, 11) is -3.79. The summed E-state index contributed by atoms with van der Waals surface area (Å²) < 4.78 is 40.3. The average molecular weight is 523 g/mol. The Kier molecular flexibility index (Phi) is 6.15. The van der Waals surface area contributed by atoms with Gasteiger partial charge in [0.25, 0.3) is 0 Å². The van der Waals surface area contributed by atoms with Gasteiger partial charge in [-0.25, -0.2) is 12.8 Å². The molecule has 2 aliphatic rings. The SMILES string of the molecule is CC(=O)N1CCc2cc(Br)c(S(=O)(=O)CCC(=O)N3c4ccc(F)cc4CC[C@@H]3C)cc21. The molecule has 0 fully saturated rings. The number of halogens is 2. The first-order valence-electron chi connectivity index (χ1n) is 10.5. The van der Waals surface area contributed by atoms with Gasteiger partial charge in [0, 0.05) is 41.8 Å². The highest BCUT2D eigenvalue weighted by Crippen LogP contribution is 2.36. The molecule has 0 radical (unpaired) electrons. The van der Waals surface area contributed by atoms with Crippen molar-refractivity contribution in [2.45, 2.75) is 50.5 Å². The van der Waals surface area contributed by atoms with Crippen LogP contribution in [0.3, 0.4) is 0 Å². The van der Waals surface area contributed by atoms with E-state index in [-0.39, 0.29) is 40.7 Å². The first-order chi connectivity index (χ1) is 15.1. The molecule has 0 bridgehead atoms. The molecule has 2 amide bonds. The minimum Gasteiger partial charge on any atom is -0.312 e. The van der Waals surface area contributed by atoms with Crippen LogP contribution in [0.1, 0.15) is 37.8 Å². The lowest BCUT2D eigenvalue weighted by molar-refractivity contribution is -0.119. The molecule has 2 aromatic rings. The van der Waals surface area contributed by atoms with Crippen molar-refractivity contribution in [2.75, 3.05) is 22.1 Å². The summed E-state index contributed by atoms with van der Waals surface area (Å²) in [4.78, 5) is 28.2. The molecule has 6 nitrogen and oxygen atoms in total. The van der Waals surface area contributed by atoms with Crippen LogP contribution in [0.25, 0.3) is 0 Å². The van der Waals surface area contributed by atoms with Crippen LogP contribution in [0.4, 0.5) is 15.8 Å². The normalized spacial score (nSPS) is 17.8. The number of carbonyl (C=O) groups is 2. The van der Waals surface area contributed by atoms with Gasteiger partial charge in [0.05, 0.1) is 10.6 Å². The van der Waals surface area contributed by atoms with E-state index in [2.05, 4.69) is 15.9 Å². The van der Waals surface area contributed by atoms with Crippen molar-refractivity contribution in [1.29, 1.82) is 0 Å². The first-order valence-corrected chi connectivity index (χ1v) is 13.0. The van der Waals surface area contributed by atoms with Crippen molar-refractivity contribution in [2.24, 2.45) is 0 Å². The second-order valence-corrected chi connectivity index (χ2v) is 11.3. The van der Waals surface area contributed by atoms with Gasteiger partial charge in [-0.15, -0.1) is 0 Å². The minimum atomic E-state index is -3.79. The Hall–Kier alpha value is -2.26. The van der Waals surface area contributed by atoms with Crippen molar-refractivity contribution in [3.8, 4) is 0 Å². The topological polar surface area (TPSA) is 74.8 Å². The Morgan fingerprint density at radius 2 is 1.84 bits per heavy atom. The summed E-state index contributed by atoms with van der Waals surface area (Å²) in [5, 5.41) is 0. The Bertz CT molecular complexity index is 1210. The second kappa shape index (κ2) is 8.59. The third-order valence-corrected chi connectivity index (χ3v) is 8.84. The largest absolute Gasteiger partial charge is 0.312 e. The van der Waals surface area contributed by atoms with Gasteiger partial charge in [-0.3, -0.25) is 9.59 Å². The molecule has 0 spiro atoms. The Labute approximate surface area is 195 Å². The average Bonchev–Trinajstić information content (AvgIpc) is 3.14. The van der Waals surface area contributed by atoms with Crippen LogP contribution >= 0.6 is 15.9 Å².